The van der Waals surface area contributed by atoms with Gasteiger partial charge in [-0.1, -0.05) is 54.6 Å². The number of aromatic nitrogens is 1. The van der Waals surface area contributed by atoms with Crippen molar-refractivity contribution in [2.24, 2.45) is 0 Å². The molecule has 2 unspecified atom stereocenters. The fourth-order valence-electron chi connectivity index (χ4n) is 5.58. The fraction of sp³-hybridized carbons (Fsp3) is 0.133. The number of halogens is 1. The van der Waals surface area contributed by atoms with Crippen LogP contribution in [0.4, 0.5) is 11.4 Å². The van der Waals surface area contributed by atoms with Crippen LogP contribution in [0.25, 0.3) is 27.5 Å². The van der Waals surface area contributed by atoms with E-state index in [1.54, 1.807) is 0 Å². The van der Waals surface area contributed by atoms with Crippen LogP contribution in [0.5, 0.6) is 0 Å². The Kier molecular flexibility index (Phi) is 6.03. The van der Waals surface area contributed by atoms with Gasteiger partial charge in [-0.2, -0.15) is 0 Å². The molecule has 4 heteroatoms. The molecule has 1 aliphatic heterocycles. The molecule has 0 radical (unpaired) electrons. The van der Waals surface area contributed by atoms with Crippen LogP contribution >= 0.6 is 0 Å². The van der Waals surface area contributed by atoms with E-state index in [1.807, 2.05) is 6.08 Å². The Balaban J connectivity index is 0.00000241. The Morgan fingerprint density at radius 3 is 2.00 bits per heavy atom. The van der Waals surface area contributed by atoms with Gasteiger partial charge in [-0.15, -0.1) is 6.58 Å². The lowest BCUT2D eigenvalue weighted by atomic mass is 10.1. The van der Waals surface area contributed by atoms with E-state index in [2.05, 4.69) is 120 Å². The van der Waals surface area contributed by atoms with Crippen LogP contribution in [-0.4, -0.2) is 17.7 Å². The van der Waals surface area contributed by atoms with Crippen molar-refractivity contribution in [1.29, 1.82) is 0 Å². The van der Waals surface area contributed by atoms with Gasteiger partial charge in [0.05, 0.1) is 17.6 Å². The highest BCUT2D eigenvalue weighted by molar-refractivity contribution is 6.09. The van der Waals surface area contributed by atoms with Crippen LogP contribution in [0.15, 0.2) is 110 Å². The topological polar surface area (TPSA) is 12.6 Å². The number of rotatable bonds is 5. The van der Waals surface area contributed by atoms with Crippen LogP contribution in [0.1, 0.15) is 18.7 Å². The predicted molar refractivity (Wildman–Crippen MR) is 139 cm³/mol. The molecule has 0 aliphatic carbocycles. The summed E-state index contributed by atoms with van der Waals surface area (Å²) in [5, 5.41) is 2.59. The number of anilines is 1. The number of fused-ring (bicyclic) bond motifs is 4. The normalized spacial score (nSPS) is 17.0. The molecule has 3 nitrogen and oxygen atoms in total. The number of hydrogen-bond donors (Lipinski definition) is 1. The van der Waals surface area contributed by atoms with E-state index in [9.17, 15) is 0 Å². The maximum absolute atomic E-state index is 4.03. The van der Waals surface area contributed by atoms with E-state index < -0.39 is 0 Å². The first-order valence-corrected chi connectivity index (χ1v) is 11.7. The van der Waals surface area contributed by atoms with E-state index in [0.29, 0.717) is 0 Å². The minimum atomic E-state index is 0. The first-order chi connectivity index (χ1) is 16.3. The molecule has 4 aromatic carbocycles. The molecule has 2 atom stereocenters. The molecule has 0 saturated carbocycles. The standard InChI is InChI=1S/C30H27N3.BrH/c1-3-21-32-29-16-10-9-15-28(29)31(4-2)30(32)22-17-19-23(20-18-22)33-26-13-7-5-11-24(26)25-12-6-8-14-27(25)33;/h3,5-20,30H,1,4,21H2,2H3;1H. The van der Waals surface area contributed by atoms with Crippen molar-refractivity contribution in [1.82, 2.24) is 4.57 Å². The number of nitrogens with zero attached hydrogens (tertiary/aromatic N) is 2. The lowest BCUT2D eigenvalue weighted by Gasteiger charge is -2.28. The fourth-order valence-corrected chi connectivity index (χ4v) is 5.58. The van der Waals surface area contributed by atoms with Crippen molar-refractivity contribution >= 4 is 33.2 Å². The number of quaternary nitrogens is 1. The second kappa shape index (κ2) is 9.13. The number of para-hydroxylation sites is 4. The summed E-state index contributed by atoms with van der Waals surface area (Å²) in [7, 11) is 0. The van der Waals surface area contributed by atoms with Gasteiger partial charge in [0.15, 0.2) is 11.9 Å². The van der Waals surface area contributed by atoms with Crippen molar-refractivity contribution in [3.63, 3.8) is 0 Å². The molecule has 1 N–H and O–H groups in total. The molecule has 1 aromatic heterocycles. The van der Waals surface area contributed by atoms with E-state index in [0.717, 1.165) is 13.1 Å². The van der Waals surface area contributed by atoms with Crippen molar-refractivity contribution < 1.29 is 21.9 Å². The Morgan fingerprint density at radius 1 is 0.794 bits per heavy atom. The third-order valence-corrected chi connectivity index (χ3v) is 6.95. The van der Waals surface area contributed by atoms with Crippen molar-refractivity contribution in [3.05, 3.63) is 115 Å². The molecule has 0 saturated heterocycles. The Labute approximate surface area is 211 Å². The SMILES string of the molecule is C=CCN1c2ccccc2[NH+](CC)C1c1ccc(-n2c3ccccc3c3ccccc32)cc1.[Br-]. The molecule has 34 heavy (non-hydrogen) atoms. The quantitative estimate of drug-likeness (QED) is 0.359. The zero-order valence-electron chi connectivity index (χ0n) is 19.3. The molecule has 0 fully saturated rings. The number of benzene rings is 4. The first kappa shape index (κ1) is 22.5. The van der Waals surface area contributed by atoms with Crippen LogP contribution in [0.3, 0.4) is 0 Å². The van der Waals surface area contributed by atoms with Crippen LogP contribution in [-0.2, 0) is 0 Å². The van der Waals surface area contributed by atoms with Crippen molar-refractivity contribution in [3.8, 4) is 5.69 Å². The van der Waals surface area contributed by atoms with E-state index in [4.69, 9.17) is 0 Å². The van der Waals surface area contributed by atoms with Crippen LogP contribution in [0, 0.1) is 0 Å². The van der Waals surface area contributed by atoms with Gasteiger partial charge >= 0.3 is 0 Å². The molecular formula is C30H28BrN3. The molecule has 0 spiro atoms. The minimum absolute atomic E-state index is 0. The van der Waals surface area contributed by atoms with Crippen LogP contribution < -0.4 is 26.8 Å². The maximum Gasteiger partial charge on any atom is 0.195 e. The van der Waals surface area contributed by atoms with Gasteiger partial charge in [0.25, 0.3) is 0 Å². The Hall–Kier alpha value is -3.34. The highest BCUT2D eigenvalue weighted by Crippen LogP contribution is 2.36. The molecule has 1 aliphatic rings. The number of nitrogens with one attached hydrogen (secondary N) is 1. The van der Waals surface area contributed by atoms with Crippen molar-refractivity contribution in [2.75, 3.05) is 18.0 Å². The molecular weight excluding hydrogens is 482 g/mol. The van der Waals surface area contributed by atoms with Gasteiger partial charge in [0.1, 0.15) is 5.69 Å². The van der Waals surface area contributed by atoms with Gasteiger partial charge in [0.2, 0.25) is 0 Å². The molecule has 5 aromatic rings. The molecule has 2 heterocycles. The second-order valence-corrected chi connectivity index (χ2v) is 8.70. The summed E-state index contributed by atoms with van der Waals surface area (Å²) < 4.78 is 2.38. The van der Waals surface area contributed by atoms with E-state index >= 15 is 0 Å². The maximum atomic E-state index is 4.03. The summed E-state index contributed by atoms with van der Waals surface area (Å²) in [6.07, 6.45) is 2.26. The van der Waals surface area contributed by atoms with Gasteiger partial charge in [-0.3, -0.25) is 4.90 Å². The third kappa shape index (κ3) is 3.37. The zero-order chi connectivity index (χ0) is 22.4. The molecule has 170 valence electrons. The van der Waals surface area contributed by atoms with Gasteiger partial charge in [-0.25, -0.2) is 0 Å². The highest BCUT2D eigenvalue weighted by Gasteiger charge is 2.40. The highest BCUT2D eigenvalue weighted by atomic mass is 79.9. The Bertz CT molecular complexity index is 1410. The summed E-state index contributed by atoms with van der Waals surface area (Å²) in [5.41, 5.74) is 7.70. The third-order valence-electron chi connectivity index (χ3n) is 6.95. The summed E-state index contributed by atoms with van der Waals surface area (Å²) in [6.45, 7) is 8.16. The summed E-state index contributed by atoms with van der Waals surface area (Å²) >= 11 is 0. The lowest BCUT2D eigenvalue weighted by molar-refractivity contribution is -0.858. The van der Waals surface area contributed by atoms with Crippen LogP contribution in [0.2, 0.25) is 0 Å². The smallest absolute Gasteiger partial charge is 0.195 e. The van der Waals surface area contributed by atoms with E-state index in [-0.39, 0.29) is 23.1 Å². The molecule has 6 rings (SSSR count). The van der Waals surface area contributed by atoms with Gasteiger partial charge in [0, 0.05) is 34.6 Å². The first-order valence-electron chi connectivity index (χ1n) is 11.7. The molecule has 0 bridgehead atoms. The van der Waals surface area contributed by atoms with Gasteiger partial charge < -0.3 is 26.4 Å². The zero-order valence-corrected chi connectivity index (χ0v) is 20.9. The monoisotopic (exact) mass is 509 g/mol. The predicted octanol–water partition coefficient (Wildman–Crippen LogP) is 3.03. The lowest BCUT2D eigenvalue weighted by Crippen LogP contribution is -3.07. The van der Waals surface area contributed by atoms with Gasteiger partial charge in [-0.05, 0) is 49.4 Å². The average molecular weight is 510 g/mol. The second-order valence-electron chi connectivity index (χ2n) is 8.70. The largest absolute Gasteiger partial charge is 1.00 e. The number of hydrogen-bond acceptors (Lipinski definition) is 1. The molecule has 0 amide bonds. The minimum Gasteiger partial charge on any atom is -1.00 e. The van der Waals surface area contributed by atoms with Crippen molar-refractivity contribution in [2.45, 2.75) is 13.1 Å². The van der Waals surface area contributed by atoms with E-state index in [1.165, 1.54) is 49.3 Å². The summed E-state index contributed by atoms with van der Waals surface area (Å²) in [5.74, 6) is 0. The Morgan fingerprint density at radius 2 is 1.38 bits per heavy atom. The summed E-state index contributed by atoms with van der Waals surface area (Å²) in [6, 6.07) is 35.3. The summed E-state index contributed by atoms with van der Waals surface area (Å²) in [4.78, 5) is 3.97. The average Bonchev–Trinajstić information content (AvgIpc) is 3.37.